The van der Waals surface area contributed by atoms with Gasteiger partial charge in [0.1, 0.15) is 0 Å². The van der Waals surface area contributed by atoms with Crippen LogP contribution in [0.2, 0.25) is 0 Å². The smallest absolute Gasteiger partial charge is 0.248 e. The summed E-state index contributed by atoms with van der Waals surface area (Å²) in [5.74, 6) is -0.383. The van der Waals surface area contributed by atoms with Gasteiger partial charge in [0.25, 0.3) is 0 Å². The van der Waals surface area contributed by atoms with Gasteiger partial charge >= 0.3 is 0 Å². The van der Waals surface area contributed by atoms with E-state index in [0.717, 1.165) is 37.3 Å². The molecular formula is C13H21N3O. The van der Waals surface area contributed by atoms with Gasteiger partial charge in [-0.3, -0.25) is 4.79 Å². The predicted octanol–water partition coefficient (Wildman–Crippen LogP) is 1.51. The van der Waals surface area contributed by atoms with Crippen LogP contribution in [0, 0.1) is 6.92 Å². The van der Waals surface area contributed by atoms with Crippen molar-refractivity contribution in [2.75, 3.05) is 25.0 Å². The highest BCUT2D eigenvalue weighted by atomic mass is 16.1. The molecule has 0 saturated carbocycles. The second-order valence-electron chi connectivity index (χ2n) is 4.03. The molecule has 1 amide bonds. The van der Waals surface area contributed by atoms with E-state index in [1.807, 2.05) is 19.1 Å². The van der Waals surface area contributed by atoms with Gasteiger partial charge < -0.3 is 16.4 Å². The van der Waals surface area contributed by atoms with Crippen LogP contribution in [0.3, 0.4) is 0 Å². The standard InChI is InChI=1S/C13H21N3O/c1-3-15-7-4-8-16-12-6-5-11(13(14)17)9-10(12)2/h5-6,9,15-16H,3-4,7-8H2,1-2H3,(H2,14,17). The Morgan fingerprint density at radius 2 is 2.12 bits per heavy atom. The van der Waals surface area contributed by atoms with Gasteiger partial charge in [-0.2, -0.15) is 0 Å². The molecule has 1 aromatic carbocycles. The van der Waals surface area contributed by atoms with Crippen LogP contribution in [0.15, 0.2) is 18.2 Å². The van der Waals surface area contributed by atoms with Crippen molar-refractivity contribution in [3.8, 4) is 0 Å². The molecular weight excluding hydrogens is 214 g/mol. The minimum atomic E-state index is -0.383. The van der Waals surface area contributed by atoms with Crippen molar-refractivity contribution in [2.45, 2.75) is 20.3 Å². The van der Waals surface area contributed by atoms with Crippen LogP contribution >= 0.6 is 0 Å². The molecule has 0 aliphatic carbocycles. The van der Waals surface area contributed by atoms with Gasteiger partial charge in [-0.05, 0) is 50.2 Å². The Hall–Kier alpha value is -1.55. The molecule has 0 radical (unpaired) electrons. The van der Waals surface area contributed by atoms with Gasteiger partial charge in [0.05, 0.1) is 0 Å². The fourth-order valence-electron chi connectivity index (χ4n) is 1.63. The summed E-state index contributed by atoms with van der Waals surface area (Å²) in [6.07, 6.45) is 1.07. The number of benzene rings is 1. The summed E-state index contributed by atoms with van der Waals surface area (Å²) in [4.78, 5) is 11.0. The first-order valence-electron chi connectivity index (χ1n) is 6.00. The summed E-state index contributed by atoms with van der Waals surface area (Å²) < 4.78 is 0. The summed E-state index contributed by atoms with van der Waals surface area (Å²) in [5, 5.41) is 6.62. The summed E-state index contributed by atoms with van der Waals surface area (Å²) in [6, 6.07) is 5.47. The first-order chi connectivity index (χ1) is 8.15. The van der Waals surface area contributed by atoms with Gasteiger partial charge in [0, 0.05) is 17.8 Å². The number of carbonyl (C=O) groups is 1. The number of hydrogen-bond donors (Lipinski definition) is 3. The summed E-state index contributed by atoms with van der Waals surface area (Å²) in [5.41, 5.74) is 7.88. The summed E-state index contributed by atoms with van der Waals surface area (Å²) in [6.45, 7) is 7.01. The second kappa shape index (κ2) is 6.91. The van der Waals surface area contributed by atoms with E-state index in [0.29, 0.717) is 5.56 Å². The molecule has 0 aliphatic rings. The number of primary amides is 1. The first kappa shape index (κ1) is 13.5. The van der Waals surface area contributed by atoms with Gasteiger partial charge in [0.2, 0.25) is 5.91 Å². The molecule has 0 heterocycles. The van der Waals surface area contributed by atoms with E-state index in [-0.39, 0.29) is 5.91 Å². The minimum absolute atomic E-state index is 0.383. The molecule has 0 spiro atoms. The van der Waals surface area contributed by atoms with E-state index in [1.54, 1.807) is 6.07 Å². The Labute approximate surface area is 103 Å². The lowest BCUT2D eigenvalue weighted by atomic mass is 10.1. The zero-order chi connectivity index (χ0) is 12.7. The van der Waals surface area contributed by atoms with Crippen molar-refractivity contribution >= 4 is 11.6 Å². The third-order valence-corrected chi connectivity index (χ3v) is 2.61. The van der Waals surface area contributed by atoms with Crippen LogP contribution in [0.4, 0.5) is 5.69 Å². The lowest BCUT2D eigenvalue weighted by Gasteiger charge is -2.10. The van der Waals surface area contributed by atoms with Crippen LogP contribution in [-0.4, -0.2) is 25.5 Å². The molecule has 0 aliphatic heterocycles. The van der Waals surface area contributed by atoms with Crippen LogP contribution in [0.25, 0.3) is 0 Å². The average molecular weight is 235 g/mol. The molecule has 94 valence electrons. The topological polar surface area (TPSA) is 67.2 Å². The monoisotopic (exact) mass is 235 g/mol. The lowest BCUT2D eigenvalue weighted by molar-refractivity contribution is 0.1000. The number of aryl methyl sites for hydroxylation is 1. The van der Waals surface area contributed by atoms with Crippen molar-refractivity contribution in [1.29, 1.82) is 0 Å². The van der Waals surface area contributed by atoms with Crippen molar-refractivity contribution in [2.24, 2.45) is 5.73 Å². The molecule has 17 heavy (non-hydrogen) atoms. The van der Waals surface area contributed by atoms with Crippen LogP contribution in [0.1, 0.15) is 29.3 Å². The van der Waals surface area contributed by atoms with E-state index in [4.69, 9.17) is 5.73 Å². The fraction of sp³-hybridized carbons (Fsp3) is 0.462. The Morgan fingerprint density at radius 3 is 2.71 bits per heavy atom. The van der Waals surface area contributed by atoms with Gasteiger partial charge in [0.15, 0.2) is 0 Å². The molecule has 4 N–H and O–H groups in total. The molecule has 0 atom stereocenters. The number of rotatable bonds is 7. The normalized spacial score (nSPS) is 10.2. The largest absolute Gasteiger partial charge is 0.385 e. The number of nitrogens with two attached hydrogens (primary N) is 1. The molecule has 4 heteroatoms. The predicted molar refractivity (Wildman–Crippen MR) is 71.3 cm³/mol. The molecule has 1 aromatic rings. The summed E-state index contributed by atoms with van der Waals surface area (Å²) in [7, 11) is 0. The zero-order valence-electron chi connectivity index (χ0n) is 10.5. The molecule has 0 bridgehead atoms. The van der Waals surface area contributed by atoms with Crippen LogP contribution in [-0.2, 0) is 0 Å². The number of hydrogen-bond acceptors (Lipinski definition) is 3. The fourth-order valence-corrected chi connectivity index (χ4v) is 1.63. The number of anilines is 1. The maximum atomic E-state index is 11.0. The van der Waals surface area contributed by atoms with E-state index < -0.39 is 0 Å². The van der Waals surface area contributed by atoms with Crippen LogP contribution in [0.5, 0.6) is 0 Å². The van der Waals surface area contributed by atoms with E-state index in [2.05, 4.69) is 17.6 Å². The van der Waals surface area contributed by atoms with Crippen molar-refractivity contribution in [3.63, 3.8) is 0 Å². The quantitative estimate of drug-likeness (QED) is 0.627. The Kier molecular flexibility index (Phi) is 5.49. The number of nitrogens with one attached hydrogen (secondary N) is 2. The van der Waals surface area contributed by atoms with Crippen molar-refractivity contribution in [1.82, 2.24) is 5.32 Å². The second-order valence-corrected chi connectivity index (χ2v) is 4.03. The Bertz CT molecular complexity index is 377. The van der Waals surface area contributed by atoms with Gasteiger partial charge in [-0.1, -0.05) is 6.92 Å². The highest BCUT2D eigenvalue weighted by molar-refractivity contribution is 5.93. The highest BCUT2D eigenvalue weighted by Gasteiger charge is 2.03. The maximum absolute atomic E-state index is 11.0. The average Bonchev–Trinajstić information content (AvgIpc) is 2.30. The third-order valence-electron chi connectivity index (χ3n) is 2.61. The minimum Gasteiger partial charge on any atom is -0.385 e. The molecule has 1 rings (SSSR count). The number of carbonyl (C=O) groups excluding carboxylic acids is 1. The lowest BCUT2D eigenvalue weighted by Crippen LogP contribution is -2.17. The first-order valence-corrected chi connectivity index (χ1v) is 6.00. The molecule has 0 saturated heterocycles. The highest BCUT2D eigenvalue weighted by Crippen LogP contribution is 2.16. The van der Waals surface area contributed by atoms with E-state index >= 15 is 0 Å². The van der Waals surface area contributed by atoms with Gasteiger partial charge in [-0.25, -0.2) is 0 Å². The Balaban J connectivity index is 2.46. The van der Waals surface area contributed by atoms with Crippen molar-refractivity contribution < 1.29 is 4.79 Å². The van der Waals surface area contributed by atoms with Gasteiger partial charge in [-0.15, -0.1) is 0 Å². The SMILES string of the molecule is CCNCCCNc1ccc(C(N)=O)cc1C. The van der Waals surface area contributed by atoms with Crippen LogP contribution < -0.4 is 16.4 Å². The Morgan fingerprint density at radius 1 is 1.35 bits per heavy atom. The molecule has 4 nitrogen and oxygen atoms in total. The summed E-state index contributed by atoms with van der Waals surface area (Å²) >= 11 is 0. The number of amides is 1. The maximum Gasteiger partial charge on any atom is 0.248 e. The van der Waals surface area contributed by atoms with E-state index in [9.17, 15) is 4.79 Å². The molecule has 0 aromatic heterocycles. The molecule has 0 unspecified atom stereocenters. The molecule has 0 fully saturated rings. The van der Waals surface area contributed by atoms with Crippen molar-refractivity contribution in [3.05, 3.63) is 29.3 Å². The van der Waals surface area contributed by atoms with E-state index in [1.165, 1.54) is 0 Å². The third kappa shape index (κ3) is 4.44. The zero-order valence-corrected chi connectivity index (χ0v) is 10.5.